The van der Waals surface area contributed by atoms with Gasteiger partial charge in [0.05, 0.1) is 18.4 Å². The topological polar surface area (TPSA) is 81.4 Å². The van der Waals surface area contributed by atoms with E-state index in [9.17, 15) is 14.7 Å². The van der Waals surface area contributed by atoms with Crippen LogP contribution >= 0.6 is 11.6 Å². The molecule has 0 unspecified atom stereocenters. The maximum atomic E-state index is 12.8. The van der Waals surface area contributed by atoms with E-state index in [2.05, 4.69) is 6.07 Å². The lowest BCUT2D eigenvalue weighted by Crippen LogP contribution is -2.30. The van der Waals surface area contributed by atoms with Gasteiger partial charge >= 0.3 is 5.97 Å². The van der Waals surface area contributed by atoms with Gasteiger partial charge in [0, 0.05) is 29.6 Å². The standard InChI is InChI=1S/C20H17ClN2O3/c21-16-6-4-14(5-7-16)17-11-23(12-18(17)20(25)26)19(24)15-3-1-2-13(10-15)8-9-22/h1-7,10,17-18H,8,11-12H2,(H,25,26)/t17-,18+/m0/s1. The first kappa shape index (κ1) is 18.0. The molecular formula is C20H17ClN2O3. The van der Waals surface area contributed by atoms with Crippen molar-refractivity contribution in [3.63, 3.8) is 0 Å². The molecule has 1 saturated heterocycles. The van der Waals surface area contributed by atoms with Crippen molar-refractivity contribution in [2.45, 2.75) is 12.3 Å². The highest BCUT2D eigenvalue weighted by Crippen LogP contribution is 2.34. The fourth-order valence-electron chi connectivity index (χ4n) is 3.36. The Hall–Kier alpha value is -2.84. The van der Waals surface area contributed by atoms with E-state index in [1.54, 1.807) is 41.3 Å². The van der Waals surface area contributed by atoms with E-state index >= 15 is 0 Å². The number of carbonyl (C=O) groups excluding carboxylic acids is 1. The molecule has 132 valence electrons. The number of likely N-dealkylation sites (tertiary alicyclic amines) is 1. The van der Waals surface area contributed by atoms with E-state index in [4.69, 9.17) is 16.9 Å². The number of amides is 1. The zero-order chi connectivity index (χ0) is 18.7. The molecule has 1 aliphatic rings. The maximum Gasteiger partial charge on any atom is 0.308 e. The minimum Gasteiger partial charge on any atom is -0.481 e. The average Bonchev–Trinajstić information content (AvgIpc) is 3.08. The third-order valence-electron chi connectivity index (χ3n) is 4.68. The largest absolute Gasteiger partial charge is 0.481 e. The number of nitriles is 1. The minimum absolute atomic E-state index is 0.157. The molecule has 2 aromatic rings. The van der Waals surface area contributed by atoms with Gasteiger partial charge in [-0.25, -0.2) is 0 Å². The highest BCUT2D eigenvalue weighted by atomic mass is 35.5. The first-order valence-electron chi connectivity index (χ1n) is 8.23. The Morgan fingerprint density at radius 1 is 1.19 bits per heavy atom. The number of hydrogen-bond acceptors (Lipinski definition) is 3. The van der Waals surface area contributed by atoms with Gasteiger partial charge in [0.25, 0.3) is 5.91 Å². The van der Waals surface area contributed by atoms with Crippen LogP contribution in [-0.4, -0.2) is 35.0 Å². The highest BCUT2D eigenvalue weighted by Gasteiger charge is 2.40. The molecule has 0 saturated carbocycles. The van der Waals surface area contributed by atoms with Crippen LogP contribution in [0.2, 0.25) is 5.02 Å². The van der Waals surface area contributed by atoms with Crippen molar-refractivity contribution in [2.75, 3.05) is 13.1 Å². The molecule has 1 N–H and O–H groups in total. The van der Waals surface area contributed by atoms with E-state index in [1.165, 1.54) is 0 Å². The Labute approximate surface area is 156 Å². The summed E-state index contributed by atoms with van der Waals surface area (Å²) in [5.74, 6) is -2.08. The molecule has 2 atom stereocenters. The molecule has 1 fully saturated rings. The van der Waals surface area contributed by atoms with E-state index in [0.717, 1.165) is 11.1 Å². The van der Waals surface area contributed by atoms with Gasteiger partial charge in [-0.3, -0.25) is 9.59 Å². The zero-order valence-corrected chi connectivity index (χ0v) is 14.7. The van der Waals surface area contributed by atoms with E-state index in [0.29, 0.717) is 17.1 Å². The van der Waals surface area contributed by atoms with Crippen LogP contribution < -0.4 is 0 Å². The number of carboxylic acids is 1. The fraction of sp³-hybridized carbons (Fsp3) is 0.250. The summed E-state index contributed by atoms with van der Waals surface area (Å²) in [6, 6.07) is 16.0. The lowest BCUT2D eigenvalue weighted by atomic mass is 9.89. The molecule has 0 aromatic heterocycles. The molecule has 2 aromatic carbocycles. The molecule has 5 nitrogen and oxygen atoms in total. The quantitative estimate of drug-likeness (QED) is 0.897. The molecule has 1 aliphatic heterocycles. The summed E-state index contributed by atoms with van der Waals surface area (Å²) in [6.45, 7) is 0.490. The third-order valence-corrected chi connectivity index (χ3v) is 4.93. The number of aliphatic carboxylic acids is 1. The van der Waals surface area contributed by atoms with Gasteiger partial charge in [0.2, 0.25) is 0 Å². The Bertz CT molecular complexity index is 873. The van der Waals surface area contributed by atoms with Crippen LogP contribution in [-0.2, 0) is 11.2 Å². The van der Waals surface area contributed by atoms with Crippen molar-refractivity contribution in [1.82, 2.24) is 4.90 Å². The summed E-state index contributed by atoms with van der Waals surface area (Å²) in [4.78, 5) is 26.1. The molecule has 0 spiro atoms. The van der Waals surface area contributed by atoms with Gasteiger partial charge in [0.1, 0.15) is 0 Å². The van der Waals surface area contributed by atoms with Gasteiger partial charge < -0.3 is 10.0 Å². The summed E-state index contributed by atoms with van der Waals surface area (Å²) < 4.78 is 0. The van der Waals surface area contributed by atoms with Gasteiger partial charge in [-0.05, 0) is 35.4 Å². The second-order valence-corrected chi connectivity index (χ2v) is 6.78. The van der Waals surface area contributed by atoms with Gasteiger partial charge in [-0.1, -0.05) is 35.9 Å². The number of hydrogen-bond donors (Lipinski definition) is 1. The van der Waals surface area contributed by atoms with Crippen molar-refractivity contribution < 1.29 is 14.7 Å². The van der Waals surface area contributed by atoms with Crippen molar-refractivity contribution in [2.24, 2.45) is 5.92 Å². The van der Waals surface area contributed by atoms with E-state index < -0.39 is 11.9 Å². The average molecular weight is 369 g/mol. The molecule has 3 rings (SSSR count). The van der Waals surface area contributed by atoms with Crippen LogP contribution in [0.5, 0.6) is 0 Å². The molecule has 0 aliphatic carbocycles. The smallest absolute Gasteiger partial charge is 0.308 e. The van der Waals surface area contributed by atoms with Crippen LogP contribution in [0.1, 0.15) is 27.4 Å². The van der Waals surface area contributed by atoms with Crippen LogP contribution in [0.25, 0.3) is 0 Å². The minimum atomic E-state index is -0.918. The van der Waals surface area contributed by atoms with Gasteiger partial charge in [-0.15, -0.1) is 0 Å². The van der Waals surface area contributed by atoms with E-state index in [-0.39, 0.29) is 24.8 Å². The SMILES string of the molecule is N#CCc1cccc(C(=O)N2C[C@@H](C(=O)O)[C@H](c3ccc(Cl)cc3)C2)c1. The van der Waals surface area contributed by atoms with Crippen LogP contribution in [0.4, 0.5) is 0 Å². The van der Waals surface area contributed by atoms with E-state index in [1.807, 2.05) is 12.1 Å². The van der Waals surface area contributed by atoms with Gasteiger partial charge in [0.15, 0.2) is 0 Å². The molecule has 0 bridgehead atoms. The molecule has 1 heterocycles. The van der Waals surface area contributed by atoms with Crippen LogP contribution in [0.15, 0.2) is 48.5 Å². The summed E-state index contributed by atoms with van der Waals surface area (Å²) in [5, 5.41) is 19.0. The van der Waals surface area contributed by atoms with Crippen LogP contribution in [0, 0.1) is 17.2 Å². The number of carbonyl (C=O) groups is 2. The first-order valence-corrected chi connectivity index (χ1v) is 8.61. The predicted molar refractivity (Wildman–Crippen MR) is 97.0 cm³/mol. The number of nitrogens with zero attached hydrogens (tertiary/aromatic N) is 2. The second kappa shape index (κ2) is 7.59. The first-order chi connectivity index (χ1) is 12.5. The van der Waals surface area contributed by atoms with Crippen molar-refractivity contribution in [3.8, 4) is 6.07 Å². The molecule has 0 radical (unpaired) electrons. The van der Waals surface area contributed by atoms with Crippen molar-refractivity contribution in [3.05, 3.63) is 70.2 Å². The summed E-state index contributed by atoms with van der Waals surface area (Å²) >= 11 is 5.91. The van der Waals surface area contributed by atoms with Crippen molar-refractivity contribution >= 4 is 23.5 Å². The molecule has 6 heteroatoms. The maximum absolute atomic E-state index is 12.8. The monoisotopic (exact) mass is 368 g/mol. The number of carboxylic acid groups (broad SMARTS) is 1. The summed E-state index contributed by atoms with van der Waals surface area (Å²) in [7, 11) is 0. The fourth-order valence-corrected chi connectivity index (χ4v) is 3.48. The number of halogens is 1. The van der Waals surface area contributed by atoms with Crippen molar-refractivity contribution in [1.29, 1.82) is 5.26 Å². The summed E-state index contributed by atoms with van der Waals surface area (Å²) in [5.41, 5.74) is 2.09. The Morgan fingerprint density at radius 3 is 2.58 bits per heavy atom. The predicted octanol–water partition coefficient (Wildman–Crippen LogP) is 3.35. The summed E-state index contributed by atoms with van der Waals surface area (Å²) in [6.07, 6.45) is 0.228. The second-order valence-electron chi connectivity index (χ2n) is 6.35. The Kier molecular flexibility index (Phi) is 5.24. The molecule has 26 heavy (non-hydrogen) atoms. The zero-order valence-electron chi connectivity index (χ0n) is 13.9. The Morgan fingerprint density at radius 2 is 1.92 bits per heavy atom. The van der Waals surface area contributed by atoms with Gasteiger partial charge in [-0.2, -0.15) is 5.26 Å². The molecular weight excluding hydrogens is 352 g/mol. The lowest BCUT2D eigenvalue weighted by molar-refractivity contribution is -0.141. The Balaban J connectivity index is 1.84. The third kappa shape index (κ3) is 3.71. The highest BCUT2D eigenvalue weighted by molar-refractivity contribution is 6.30. The molecule has 1 amide bonds. The van der Waals surface area contributed by atoms with Crippen LogP contribution in [0.3, 0.4) is 0 Å². The normalized spacial score (nSPS) is 19.2. The lowest BCUT2D eigenvalue weighted by Gasteiger charge is -2.17. The number of rotatable bonds is 4. The number of benzene rings is 2.